The minimum Gasteiger partial charge on any atom is -0.508 e. The fraction of sp³-hybridized carbons (Fsp3) is 0.304. The summed E-state index contributed by atoms with van der Waals surface area (Å²) in [6, 6.07) is 11.9. The highest BCUT2D eigenvalue weighted by atomic mass is 35.5. The number of Topliss-reactive ketones (excluding diaryl/α,β-unsaturated/α-hetero) is 1. The molecule has 1 unspecified atom stereocenters. The normalized spacial score (nSPS) is 21.4. The van der Waals surface area contributed by atoms with Crippen molar-refractivity contribution >= 4 is 40.6 Å². The Hall–Kier alpha value is -2.30. The van der Waals surface area contributed by atoms with Gasteiger partial charge in [-0.25, -0.2) is 0 Å². The number of amides is 1. The van der Waals surface area contributed by atoms with E-state index in [2.05, 4.69) is 0 Å². The summed E-state index contributed by atoms with van der Waals surface area (Å²) in [6.45, 7) is 4.06. The highest BCUT2D eigenvalue weighted by Crippen LogP contribution is 2.49. The number of hydrogen-bond acceptors (Lipinski definition) is 3. The van der Waals surface area contributed by atoms with Gasteiger partial charge in [0, 0.05) is 30.0 Å². The summed E-state index contributed by atoms with van der Waals surface area (Å²) in [5, 5.41) is 10.3. The minimum atomic E-state index is -0.337. The zero-order valence-electron chi connectivity index (χ0n) is 16.2. The molecule has 2 aliphatic rings. The molecule has 0 bridgehead atoms. The van der Waals surface area contributed by atoms with E-state index in [1.54, 1.807) is 47.4 Å². The first-order chi connectivity index (χ1) is 13.7. The summed E-state index contributed by atoms with van der Waals surface area (Å²) in [4.78, 5) is 28.1. The first-order valence-electron chi connectivity index (χ1n) is 9.50. The molecule has 0 saturated carbocycles. The molecule has 0 aromatic heterocycles. The lowest BCUT2D eigenvalue weighted by Crippen LogP contribution is -2.43. The predicted octanol–water partition coefficient (Wildman–Crippen LogP) is 5.86. The maximum atomic E-state index is 13.3. The molecule has 4 rings (SSSR count). The summed E-state index contributed by atoms with van der Waals surface area (Å²) in [6.07, 6.45) is 1.15. The van der Waals surface area contributed by atoms with Crippen LogP contribution in [0.5, 0.6) is 5.75 Å². The van der Waals surface area contributed by atoms with E-state index >= 15 is 0 Å². The number of aromatic hydroxyl groups is 1. The smallest absolute Gasteiger partial charge is 0.232 e. The number of allylic oxidation sites excluding steroid dienone is 2. The van der Waals surface area contributed by atoms with E-state index in [1.165, 1.54) is 0 Å². The van der Waals surface area contributed by atoms with Crippen molar-refractivity contribution < 1.29 is 14.7 Å². The van der Waals surface area contributed by atoms with E-state index in [-0.39, 0.29) is 35.2 Å². The Kier molecular flexibility index (Phi) is 4.96. The SMILES string of the molecule is CC1(C)CC(=O)C2=C(C1)N(c1cccc(Cl)c1Cl)C(=O)CC2c1ccc(O)cc1. The lowest BCUT2D eigenvalue weighted by Gasteiger charge is -2.43. The number of hydrogen-bond donors (Lipinski definition) is 1. The maximum Gasteiger partial charge on any atom is 0.232 e. The number of ketones is 1. The van der Waals surface area contributed by atoms with Crippen molar-refractivity contribution in [2.45, 2.75) is 39.0 Å². The van der Waals surface area contributed by atoms with Crippen LogP contribution < -0.4 is 4.90 Å². The number of phenolic OH excluding ortho intramolecular Hbond substituents is 1. The standard InChI is InChI=1S/C23H21Cl2NO3/c1-23(2)11-18-21(19(28)12-23)15(13-6-8-14(27)9-7-13)10-20(29)26(18)17-5-3-4-16(24)22(17)25/h3-9,15,27H,10-12H2,1-2H3. The highest BCUT2D eigenvalue weighted by Gasteiger charge is 2.44. The number of halogens is 2. The molecule has 1 aliphatic carbocycles. The van der Waals surface area contributed by atoms with E-state index in [0.717, 1.165) is 5.56 Å². The van der Waals surface area contributed by atoms with Crippen LogP contribution in [-0.4, -0.2) is 16.8 Å². The number of phenols is 1. The highest BCUT2D eigenvalue weighted by molar-refractivity contribution is 6.44. The van der Waals surface area contributed by atoms with Crippen LogP contribution in [0.15, 0.2) is 53.7 Å². The third kappa shape index (κ3) is 3.56. The molecule has 0 spiro atoms. The van der Waals surface area contributed by atoms with Crippen molar-refractivity contribution in [3.63, 3.8) is 0 Å². The van der Waals surface area contributed by atoms with Crippen LogP contribution in [0.1, 0.15) is 44.6 Å². The van der Waals surface area contributed by atoms with Gasteiger partial charge in [-0.1, -0.05) is 55.2 Å². The Morgan fingerprint density at radius 3 is 2.41 bits per heavy atom. The second kappa shape index (κ2) is 7.19. The van der Waals surface area contributed by atoms with Crippen molar-refractivity contribution in [2.24, 2.45) is 5.41 Å². The lowest BCUT2D eigenvalue weighted by atomic mass is 9.69. The van der Waals surface area contributed by atoms with Gasteiger partial charge < -0.3 is 5.11 Å². The number of rotatable bonds is 2. The van der Waals surface area contributed by atoms with Gasteiger partial charge in [0.25, 0.3) is 0 Å². The molecule has 150 valence electrons. The van der Waals surface area contributed by atoms with Crippen LogP contribution in [-0.2, 0) is 9.59 Å². The predicted molar refractivity (Wildman–Crippen MR) is 114 cm³/mol. The number of carbonyl (C=O) groups is 2. The van der Waals surface area contributed by atoms with Crippen LogP contribution >= 0.6 is 23.2 Å². The Morgan fingerprint density at radius 1 is 1.03 bits per heavy atom. The molecular weight excluding hydrogens is 409 g/mol. The second-order valence-electron chi connectivity index (χ2n) is 8.45. The molecule has 1 aliphatic heterocycles. The van der Waals surface area contributed by atoms with Gasteiger partial charge in [-0.05, 0) is 41.7 Å². The molecule has 4 nitrogen and oxygen atoms in total. The summed E-state index contributed by atoms with van der Waals surface area (Å²) >= 11 is 12.6. The van der Waals surface area contributed by atoms with Crippen molar-refractivity contribution in [3.05, 3.63) is 69.3 Å². The Morgan fingerprint density at radius 2 is 1.72 bits per heavy atom. The van der Waals surface area contributed by atoms with Crippen LogP contribution in [0.3, 0.4) is 0 Å². The molecule has 1 atom stereocenters. The quantitative estimate of drug-likeness (QED) is 0.649. The molecule has 29 heavy (non-hydrogen) atoms. The molecule has 1 heterocycles. The summed E-state index contributed by atoms with van der Waals surface area (Å²) in [5.41, 5.74) is 2.44. The van der Waals surface area contributed by atoms with Crippen LogP contribution in [0.25, 0.3) is 0 Å². The number of anilines is 1. The van der Waals surface area contributed by atoms with Gasteiger partial charge in [-0.15, -0.1) is 0 Å². The van der Waals surface area contributed by atoms with Gasteiger partial charge in [0.2, 0.25) is 5.91 Å². The van der Waals surface area contributed by atoms with E-state index in [4.69, 9.17) is 23.2 Å². The average molecular weight is 430 g/mol. The van der Waals surface area contributed by atoms with E-state index < -0.39 is 0 Å². The van der Waals surface area contributed by atoms with E-state index in [0.29, 0.717) is 39.8 Å². The van der Waals surface area contributed by atoms with Gasteiger partial charge in [0.05, 0.1) is 15.7 Å². The van der Waals surface area contributed by atoms with Crippen LogP contribution in [0, 0.1) is 5.41 Å². The van der Waals surface area contributed by atoms with Crippen molar-refractivity contribution in [2.75, 3.05) is 4.90 Å². The molecule has 1 N–H and O–H groups in total. The molecular formula is C23H21Cl2NO3. The van der Waals surface area contributed by atoms with Crippen molar-refractivity contribution in [3.8, 4) is 5.75 Å². The van der Waals surface area contributed by atoms with Crippen molar-refractivity contribution in [1.29, 1.82) is 0 Å². The zero-order valence-corrected chi connectivity index (χ0v) is 17.7. The second-order valence-corrected chi connectivity index (χ2v) is 9.24. The molecule has 2 aromatic carbocycles. The number of carbonyl (C=O) groups excluding carboxylic acids is 2. The Labute approximate surface area is 179 Å². The van der Waals surface area contributed by atoms with E-state index in [9.17, 15) is 14.7 Å². The molecule has 2 aromatic rings. The maximum absolute atomic E-state index is 13.3. The van der Waals surface area contributed by atoms with Crippen molar-refractivity contribution in [1.82, 2.24) is 0 Å². The molecule has 0 fully saturated rings. The van der Waals surface area contributed by atoms with Gasteiger partial charge >= 0.3 is 0 Å². The topological polar surface area (TPSA) is 57.6 Å². The first kappa shape index (κ1) is 20.0. The fourth-order valence-corrected chi connectivity index (χ4v) is 4.73. The monoisotopic (exact) mass is 429 g/mol. The van der Waals surface area contributed by atoms with Crippen LogP contribution in [0.2, 0.25) is 10.0 Å². The molecule has 1 amide bonds. The van der Waals surface area contributed by atoms with E-state index in [1.807, 2.05) is 13.8 Å². The van der Waals surface area contributed by atoms with Gasteiger partial charge in [-0.3, -0.25) is 14.5 Å². The fourth-order valence-electron chi connectivity index (χ4n) is 4.35. The first-order valence-corrected chi connectivity index (χ1v) is 10.3. The number of nitrogens with zero attached hydrogens (tertiary/aromatic N) is 1. The lowest BCUT2D eigenvalue weighted by molar-refractivity contribution is -0.121. The molecule has 0 radical (unpaired) electrons. The zero-order chi connectivity index (χ0) is 20.9. The Balaban J connectivity index is 1.92. The minimum absolute atomic E-state index is 0.0463. The average Bonchev–Trinajstić information content (AvgIpc) is 2.63. The van der Waals surface area contributed by atoms with Crippen LogP contribution in [0.4, 0.5) is 5.69 Å². The summed E-state index contributed by atoms with van der Waals surface area (Å²) in [7, 11) is 0. The van der Waals surface area contributed by atoms with Gasteiger partial charge in [-0.2, -0.15) is 0 Å². The summed E-state index contributed by atoms with van der Waals surface area (Å²) in [5.74, 6) is -0.272. The molecule has 0 saturated heterocycles. The van der Waals surface area contributed by atoms with Gasteiger partial charge in [0.1, 0.15) is 5.75 Å². The Bertz CT molecular complexity index is 1040. The number of benzene rings is 2. The van der Waals surface area contributed by atoms with Gasteiger partial charge in [0.15, 0.2) is 5.78 Å². The largest absolute Gasteiger partial charge is 0.508 e. The summed E-state index contributed by atoms with van der Waals surface area (Å²) < 4.78 is 0. The molecule has 6 heteroatoms. The third-order valence-corrected chi connectivity index (χ3v) is 6.42. The third-order valence-electron chi connectivity index (χ3n) is 5.61.